The van der Waals surface area contributed by atoms with Crippen LogP contribution in [-0.4, -0.2) is 14.6 Å². The van der Waals surface area contributed by atoms with E-state index in [4.69, 9.17) is 16.6 Å². The van der Waals surface area contributed by atoms with Crippen molar-refractivity contribution < 1.29 is 4.39 Å². The first kappa shape index (κ1) is 18.4. The predicted octanol–water partition coefficient (Wildman–Crippen LogP) is 6.23. The molecule has 2 aromatic heterocycles. The number of nitrogens with zero attached hydrogens (tertiary/aromatic N) is 3. The van der Waals surface area contributed by atoms with Crippen molar-refractivity contribution in [2.45, 2.75) is 26.2 Å². The minimum Gasteiger partial charge on any atom is -0.340 e. The molecule has 2 heterocycles. The van der Waals surface area contributed by atoms with Crippen molar-refractivity contribution in [1.82, 2.24) is 14.6 Å². The first-order valence-corrected chi connectivity index (χ1v) is 9.37. The average molecular weight is 395 g/mol. The van der Waals surface area contributed by atoms with Gasteiger partial charge in [0.25, 0.3) is 0 Å². The summed E-state index contributed by atoms with van der Waals surface area (Å²) in [5, 5.41) is 8.55. The molecule has 1 N–H and O–H groups in total. The van der Waals surface area contributed by atoms with Gasteiger partial charge in [-0.2, -0.15) is 9.61 Å². The molecule has 4 rings (SSSR count). The fourth-order valence-electron chi connectivity index (χ4n) is 2.95. The van der Waals surface area contributed by atoms with Crippen molar-refractivity contribution in [2.75, 3.05) is 5.32 Å². The summed E-state index contributed by atoms with van der Waals surface area (Å²) in [5.41, 5.74) is 4.22. The van der Waals surface area contributed by atoms with Crippen LogP contribution in [0.3, 0.4) is 0 Å². The third-order valence-corrected chi connectivity index (χ3v) is 4.76. The van der Waals surface area contributed by atoms with E-state index in [0.717, 1.165) is 34.0 Å². The summed E-state index contributed by atoms with van der Waals surface area (Å²) in [6.45, 7) is 6.35. The second kappa shape index (κ2) is 6.91. The van der Waals surface area contributed by atoms with E-state index in [1.165, 1.54) is 12.1 Å². The summed E-state index contributed by atoms with van der Waals surface area (Å²) in [7, 11) is 0. The van der Waals surface area contributed by atoms with E-state index in [0.29, 0.717) is 5.02 Å². The van der Waals surface area contributed by atoms with Gasteiger partial charge in [0.15, 0.2) is 5.65 Å². The van der Waals surface area contributed by atoms with E-state index in [1.807, 2.05) is 30.3 Å². The van der Waals surface area contributed by atoms with Gasteiger partial charge in [-0.15, -0.1) is 0 Å². The highest BCUT2D eigenvalue weighted by Crippen LogP contribution is 2.31. The van der Waals surface area contributed by atoms with Gasteiger partial charge >= 0.3 is 0 Å². The van der Waals surface area contributed by atoms with Gasteiger partial charge in [-0.05, 0) is 42.0 Å². The fraction of sp³-hybridized carbons (Fsp3) is 0.182. The molecule has 0 bridgehead atoms. The van der Waals surface area contributed by atoms with Gasteiger partial charge < -0.3 is 5.32 Å². The van der Waals surface area contributed by atoms with Crippen LogP contribution in [-0.2, 0) is 5.41 Å². The summed E-state index contributed by atoms with van der Waals surface area (Å²) in [5.74, 6) is 0.492. The molecule has 6 heteroatoms. The van der Waals surface area contributed by atoms with Crippen LogP contribution in [0, 0.1) is 5.82 Å². The zero-order valence-corrected chi connectivity index (χ0v) is 16.6. The Morgan fingerprint density at radius 1 is 1.00 bits per heavy atom. The largest absolute Gasteiger partial charge is 0.340 e. The second-order valence-corrected chi connectivity index (χ2v) is 8.15. The Kier molecular flexibility index (Phi) is 4.55. The molecule has 0 fully saturated rings. The quantitative estimate of drug-likeness (QED) is 0.447. The van der Waals surface area contributed by atoms with Crippen LogP contribution in [0.1, 0.15) is 26.5 Å². The normalized spacial score (nSPS) is 11.8. The van der Waals surface area contributed by atoms with Crippen LogP contribution < -0.4 is 5.32 Å². The molecule has 2 aromatic carbocycles. The zero-order valence-electron chi connectivity index (χ0n) is 15.9. The number of aromatic nitrogens is 3. The summed E-state index contributed by atoms with van der Waals surface area (Å²) in [4.78, 5) is 4.89. The van der Waals surface area contributed by atoms with Crippen LogP contribution in [0.5, 0.6) is 0 Å². The van der Waals surface area contributed by atoms with Crippen molar-refractivity contribution in [3.8, 4) is 11.1 Å². The lowest BCUT2D eigenvalue weighted by atomic mass is 9.92. The van der Waals surface area contributed by atoms with Crippen LogP contribution >= 0.6 is 11.6 Å². The molecule has 0 radical (unpaired) electrons. The fourth-order valence-corrected chi connectivity index (χ4v) is 3.08. The van der Waals surface area contributed by atoms with Crippen LogP contribution in [0.4, 0.5) is 15.9 Å². The molecule has 0 aliphatic heterocycles. The SMILES string of the molecule is CC(C)(C)c1cc(Nc2ccc(F)cc2)n2ncc(-c3ccc(Cl)cc3)c2n1. The highest BCUT2D eigenvalue weighted by molar-refractivity contribution is 6.30. The Morgan fingerprint density at radius 2 is 1.68 bits per heavy atom. The average Bonchev–Trinajstić information content (AvgIpc) is 3.08. The molecule has 142 valence electrons. The Bertz CT molecular complexity index is 1130. The van der Waals surface area contributed by atoms with Crippen molar-refractivity contribution >= 4 is 28.8 Å². The maximum absolute atomic E-state index is 13.3. The molecule has 4 nitrogen and oxygen atoms in total. The predicted molar refractivity (Wildman–Crippen MR) is 112 cm³/mol. The number of halogens is 2. The highest BCUT2D eigenvalue weighted by Gasteiger charge is 2.20. The van der Waals surface area contributed by atoms with E-state index < -0.39 is 0 Å². The lowest BCUT2D eigenvalue weighted by Gasteiger charge is -2.20. The minimum atomic E-state index is -0.273. The number of rotatable bonds is 3. The van der Waals surface area contributed by atoms with Crippen molar-refractivity contribution in [3.63, 3.8) is 0 Å². The Labute approximate surface area is 168 Å². The molecule has 0 aliphatic rings. The lowest BCUT2D eigenvalue weighted by molar-refractivity contribution is 0.569. The molecule has 0 unspecified atom stereocenters. The number of nitrogens with one attached hydrogen (secondary N) is 1. The maximum Gasteiger partial charge on any atom is 0.165 e. The first-order chi connectivity index (χ1) is 13.3. The maximum atomic E-state index is 13.3. The highest BCUT2D eigenvalue weighted by atomic mass is 35.5. The van der Waals surface area contributed by atoms with Crippen molar-refractivity contribution in [1.29, 1.82) is 0 Å². The lowest BCUT2D eigenvalue weighted by Crippen LogP contribution is -2.16. The molecule has 0 saturated carbocycles. The topological polar surface area (TPSA) is 42.2 Å². The van der Waals surface area contributed by atoms with E-state index in [9.17, 15) is 4.39 Å². The van der Waals surface area contributed by atoms with Gasteiger partial charge in [0, 0.05) is 27.8 Å². The van der Waals surface area contributed by atoms with Crippen LogP contribution in [0.2, 0.25) is 5.02 Å². The van der Waals surface area contributed by atoms with Crippen LogP contribution in [0.25, 0.3) is 16.8 Å². The van der Waals surface area contributed by atoms with Gasteiger partial charge in [0.05, 0.1) is 11.9 Å². The summed E-state index contributed by atoms with van der Waals surface area (Å²) >= 11 is 6.03. The van der Waals surface area contributed by atoms with Gasteiger partial charge in [0.1, 0.15) is 11.6 Å². The number of hydrogen-bond acceptors (Lipinski definition) is 3. The minimum absolute atomic E-state index is 0.150. The van der Waals surface area contributed by atoms with E-state index >= 15 is 0 Å². The van der Waals surface area contributed by atoms with Gasteiger partial charge in [-0.3, -0.25) is 0 Å². The van der Waals surface area contributed by atoms with Gasteiger partial charge in [0.2, 0.25) is 0 Å². The Balaban J connectivity index is 1.88. The number of fused-ring (bicyclic) bond motifs is 1. The molecule has 0 saturated heterocycles. The smallest absolute Gasteiger partial charge is 0.165 e. The van der Waals surface area contributed by atoms with E-state index in [1.54, 1.807) is 22.8 Å². The summed E-state index contributed by atoms with van der Waals surface area (Å²) < 4.78 is 15.0. The molecule has 0 aliphatic carbocycles. The number of benzene rings is 2. The Hall–Kier alpha value is -2.92. The number of anilines is 2. The van der Waals surface area contributed by atoms with Gasteiger partial charge in [-0.25, -0.2) is 9.37 Å². The third kappa shape index (κ3) is 3.58. The summed E-state index contributed by atoms with van der Waals surface area (Å²) in [6.07, 6.45) is 1.80. The van der Waals surface area contributed by atoms with E-state index in [2.05, 4.69) is 31.2 Å². The Morgan fingerprint density at radius 3 is 2.32 bits per heavy atom. The molecule has 28 heavy (non-hydrogen) atoms. The van der Waals surface area contributed by atoms with Gasteiger partial charge in [-0.1, -0.05) is 44.5 Å². The third-order valence-electron chi connectivity index (χ3n) is 4.51. The first-order valence-electron chi connectivity index (χ1n) is 8.99. The monoisotopic (exact) mass is 394 g/mol. The van der Waals surface area contributed by atoms with Crippen molar-refractivity contribution in [3.05, 3.63) is 77.3 Å². The second-order valence-electron chi connectivity index (χ2n) is 7.71. The molecule has 0 atom stereocenters. The number of hydrogen-bond donors (Lipinski definition) is 1. The molecule has 0 amide bonds. The summed E-state index contributed by atoms with van der Waals surface area (Å²) in [6, 6.07) is 15.8. The molecular formula is C22H20ClFN4. The standard InChI is InChI=1S/C22H20ClFN4/c1-22(2,3)19-12-20(26-17-10-8-16(24)9-11-17)28-21(27-19)18(13-25-28)14-4-6-15(23)7-5-14/h4-13,26H,1-3H3. The van der Waals surface area contributed by atoms with Crippen LogP contribution in [0.15, 0.2) is 60.8 Å². The molecule has 4 aromatic rings. The molecular weight excluding hydrogens is 375 g/mol. The van der Waals surface area contributed by atoms with E-state index in [-0.39, 0.29) is 11.2 Å². The van der Waals surface area contributed by atoms with Crippen molar-refractivity contribution in [2.24, 2.45) is 0 Å². The zero-order chi connectivity index (χ0) is 19.9. The molecule has 0 spiro atoms.